The van der Waals surface area contributed by atoms with Crippen LogP contribution in [0.3, 0.4) is 0 Å². The van der Waals surface area contributed by atoms with Crippen molar-refractivity contribution in [3.05, 3.63) is 35.4 Å². The van der Waals surface area contributed by atoms with E-state index in [4.69, 9.17) is 11.6 Å². The van der Waals surface area contributed by atoms with Gasteiger partial charge in [0.2, 0.25) is 0 Å². The summed E-state index contributed by atoms with van der Waals surface area (Å²) in [6, 6.07) is 0. The first-order chi connectivity index (χ1) is 6.57. The van der Waals surface area contributed by atoms with Crippen LogP contribution in [0.25, 0.3) is 0 Å². The lowest BCUT2D eigenvalue weighted by atomic mass is 9.75. The second-order valence-electron chi connectivity index (χ2n) is 4.27. The van der Waals surface area contributed by atoms with Crippen molar-refractivity contribution in [3.63, 3.8) is 0 Å². The summed E-state index contributed by atoms with van der Waals surface area (Å²) in [7, 11) is 0. The van der Waals surface area contributed by atoms with Crippen molar-refractivity contribution >= 4 is 11.6 Å². The molecule has 0 nitrogen and oxygen atoms in total. The van der Waals surface area contributed by atoms with Crippen molar-refractivity contribution in [2.75, 3.05) is 0 Å². The third kappa shape index (κ3) is 2.30. The van der Waals surface area contributed by atoms with Crippen LogP contribution < -0.4 is 0 Å². The Kier molecular flexibility index (Phi) is 4.00. The SMILES string of the molecule is C=C/C(Cl)=C(\C(=C)C(C)C)C1CCC1. The van der Waals surface area contributed by atoms with Crippen LogP contribution in [0.4, 0.5) is 0 Å². The molecule has 0 aliphatic heterocycles. The topological polar surface area (TPSA) is 0 Å². The number of rotatable bonds is 4. The Morgan fingerprint density at radius 1 is 1.43 bits per heavy atom. The third-order valence-electron chi connectivity index (χ3n) is 2.99. The fraction of sp³-hybridized carbons (Fsp3) is 0.538. The lowest BCUT2D eigenvalue weighted by Crippen LogP contribution is -2.17. The number of hydrogen-bond donors (Lipinski definition) is 0. The summed E-state index contributed by atoms with van der Waals surface area (Å²) in [6.07, 6.45) is 5.57. The number of hydrogen-bond acceptors (Lipinski definition) is 0. The predicted octanol–water partition coefficient (Wildman–Crippen LogP) is 4.68. The second-order valence-corrected chi connectivity index (χ2v) is 4.68. The van der Waals surface area contributed by atoms with E-state index in [-0.39, 0.29) is 0 Å². The fourth-order valence-corrected chi connectivity index (χ4v) is 2.00. The van der Waals surface area contributed by atoms with Crippen molar-refractivity contribution in [1.82, 2.24) is 0 Å². The number of allylic oxidation sites excluding steroid dienone is 4. The van der Waals surface area contributed by atoms with E-state index in [2.05, 4.69) is 27.0 Å². The summed E-state index contributed by atoms with van der Waals surface area (Å²) in [5.74, 6) is 1.11. The summed E-state index contributed by atoms with van der Waals surface area (Å²) in [4.78, 5) is 0. The Balaban J connectivity index is 2.92. The maximum Gasteiger partial charge on any atom is 0.0437 e. The molecule has 1 heteroatoms. The predicted molar refractivity (Wildman–Crippen MR) is 64.4 cm³/mol. The quantitative estimate of drug-likeness (QED) is 0.592. The van der Waals surface area contributed by atoms with Gasteiger partial charge in [-0.3, -0.25) is 0 Å². The van der Waals surface area contributed by atoms with Gasteiger partial charge in [0.1, 0.15) is 0 Å². The summed E-state index contributed by atoms with van der Waals surface area (Å²) >= 11 is 6.18. The molecule has 0 atom stereocenters. The molecule has 0 aromatic carbocycles. The largest absolute Gasteiger partial charge is 0.0976 e. The summed E-state index contributed by atoms with van der Waals surface area (Å²) in [6.45, 7) is 12.2. The molecule has 78 valence electrons. The third-order valence-corrected chi connectivity index (χ3v) is 3.35. The first-order valence-electron chi connectivity index (χ1n) is 5.29. The van der Waals surface area contributed by atoms with Crippen LogP contribution in [0.5, 0.6) is 0 Å². The minimum absolute atomic E-state index is 0.472. The van der Waals surface area contributed by atoms with Crippen molar-refractivity contribution < 1.29 is 0 Å². The summed E-state index contributed by atoms with van der Waals surface area (Å²) < 4.78 is 0. The molecule has 0 radical (unpaired) electrons. The molecular formula is C13H19Cl. The molecule has 0 saturated heterocycles. The first kappa shape index (κ1) is 11.6. The van der Waals surface area contributed by atoms with E-state index in [0.717, 1.165) is 5.03 Å². The zero-order valence-corrected chi connectivity index (χ0v) is 9.90. The standard InChI is InChI=1S/C13H19Cl/c1-5-12(14)13(10(4)9(2)3)11-7-6-8-11/h5,9,11H,1,4,6-8H2,2-3H3/b13-12-. The maximum absolute atomic E-state index is 6.18. The smallest absolute Gasteiger partial charge is 0.0437 e. The number of halogens is 1. The zero-order chi connectivity index (χ0) is 10.7. The Morgan fingerprint density at radius 2 is 2.00 bits per heavy atom. The molecule has 0 aromatic heterocycles. The molecule has 1 rings (SSSR count). The average Bonchev–Trinajstić information content (AvgIpc) is 2.08. The van der Waals surface area contributed by atoms with Crippen LogP contribution in [0.15, 0.2) is 35.4 Å². The highest BCUT2D eigenvalue weighted by Crippen LogP contribution is 2.40. The van der Waals surface area contributed by atoms with Gasteiger partial charge >= 0.3 is 0 Å². The van der Waals surface area contributed by atoms with Crippen LogP contribution in [-0.2, 0) is 0 Å². The van der Waals surface area contributed by atoms with Gasteiger partial charge in [-0.1, -0.05) is 51.1 Å². The molecule has 0 unspecified atom stereocenters. The molecule has 14 heavy (non-hydrogen) atoms. The van der Waals surface area contributed by atoms with Crippen molar-refractivity contribution in [2.24, 2.45) is 11.8 Å². The van der Waals surface area contributed by atoms with Gasteiger partial charge in [0.05, 0.1) is 0 Å². The van der Waals surface area contributed by atoms with Gasteiger partial charge in [0.25, 0.3) is 0 Å². The Hall–Kier alpha value is -0.490. The van der Waals surface area contributed by atoms with Gasteiger partial charge in [0, 0.05) is 5.03 Å². The van der Waals surface area contributed by atoms with Gasteiger partial charge in [-0.25, -0.2) is 0 Å². The Bertz CT molecular complexity index is 267. The lowest BCUT2D eigenvalue weighted by Gasteiger charge is -2.31. The van der Waals surface area contributed by atoms with Gasteiger partial charge in [-0.05, 0) is 35.8 Å². The molecule has 0 spiro atoms. The van der Waals surface area contributed by atoms with E-state index < -0.39 is 0 Å². The molecule has 1 fully saturated rings. The minimum atomic E-state index is 0.472. The second kappa shape index (κ2) is 4.84. The minimum Gasteiger partial charge on any atom is -0.0976 e. The molecule has 0 N–H and O–H groups in total. The van der Waals surface area contributed by atoms with Crippen LogP contribution >= 0.6 is 11.6 Å². The highest BCUT2D eigenvalue weighted by Gasteiger charge is 2.26. The van der Waals surface area contributed by atoms with Crippen LogP contribution in [-0.4, -0.2) is 0 Å². The van der Waals surface area contributed by atoms with Crippen molar-refractivity contribution in [1.29, 1.82) is 0 Å². The fourth-order valence-electron chi connectivity index (χ4n) is 1.73. The van der Waals surface area contributed by atoms with E-state index in [0.29, 0.717) is 11.8 Å². The molecule has 1 aliphatic carbocycles. The molecule has 0 amide bonds. The highest BCUT2D eigenvalue weighted by molar-refractivity contribution is 6.31. The van der Waals surface area contributed by atoms with Gasteiger partial charge in [0.15, 0.2) is 0 Å². The van der Waals surface area contributed by atoms with Crippen LogP contribution in [0.2, 0.25) is 0 Å². The Morgan fingerprint density at radius 3 is 2.29 bits per heavy atom. The Labute approximate surface area is 92.3 Å². The van der Waals surface area contributed by atoms with E-state index in [1.54, 1.807) is 6.08 Å². The van der Waals surface area contributed by atoms with Crippen LogP contribution in [0.1, 0.15) is 33.1 Å². The van der Waals surface area contributed by atoms with E-state index in [1.807, 2.05) is 0 Å². The summed E-state index contributed by atoms with van der Waals surface area (Å²) in [5.41, 5.74) is 2.43. The monoisotopic (exact) mass is 210 g/mol. The van der Waals surface area contributed by atoms with Crippen molar-refractivity contribution in [2.45, 2.75) is 33.1 Å². The normalized spacial score (nSPS) is 18.9. The molecule has 1 aliphatic rings. The van der Waals surface area contributed by atoms with Gasteiger partial charge in [-0.2, -0.15) is 0 Å². The molecule has 0 bridgehead atoms. The molecule has 0 aromatic rings. The molecular weight excluding hydrogens is 192 g/mol. The highest BCUT2D eigenvalue weighted by atomic mass is 35.5. The van der Waals surface area contributed by atoms with E-state index >= 15 is 0 Å². The van der Waals surface area contributed by atoms with Crippen LogP contribution in [0, 0.1) is 11.8 Å². The van der Waals surface area contributed by atoms with E-state index in [9.17, 15) is 0 Å². The van der Waals surface area contributed by atoms with Crippen molar-refractivity contribution in [3.8, 4) is 0 Å². The lowest BCUT2D eigenvalue weighted by molar-refractivity contribution is 0.367. The molecule has 1 saturated carbocycles. The first-order valence-corrected chi connectivity index (χ1v) is 5.67. The average molecular weight is 211 g/mol. The molecule has 0 heterocycles. The maximum atomic E-state index is 6.18. The summed E-state index contributed by atoms with van der Waals surface area (Å²) in [5, 5.41) is 0.799. The van der Waals surface area contributed by atoms with Gasteiger partial charge < -0.3 is 0 Å². The van der Waals surface area contributed by atoms with E-state index in [1.165, 1.54) is 30.4 Å². The van der Waals surface area contributed by atoms with Gasteiger partial charge in [-0.15, -0.1) is 0 Å². The zero-order valence-electron chi connectivity index (χ0n) is 9.15.